The molecule has 0 saturated carbocycles. The van der Waals surface area contributed by atoms with Gasteiger partial charge in [-0.3, -0.25) is 14.5 Å². The van der Waals surface area contributed by atoms with Crippen molar-refractivity contribution in [2.45, 2.75) is 26.2 Å². The molecule has 1 atom stereocenters. The van der Waals surface area contributed by atoms with Gasteiger partial charge in [0, 0.05) is 19.4 Å². The van der Waals surface area contributed by atoms with Crippen molar-refractivity contribution in [1.29, 1.82) is 0 Å². The van der Waals surface area contributed by atoms with Crippen LogP contribution in [0.1, 0.15) is 24.8 Å². The molecular formula is C10H13N3O3S. The normalized spacial score (nSPS) is 19.9. The van der Waals surface area contributed by atoms with Gasteiger partial charge in [-0.1, -0.05) is 18.3 Å². The Hall–Kier alpha value is -1.50. The number of amides is 1. The van der Waals surface area contributed by atoms with E-state index in [0.717, 1.165) is 17.8 Å². The van der Waals surface area contributed by atoms with Crippen molar-refractivity contribution in [2.24, 2.45) is 5.92 Å². The third kappa shape index (κ3) is 2.44. The molecule has 7 heteroatoms. The Labute approximate surface area is 102 Å². The smallest absolute Gasteiger partial charge is 0.308 e. The van der Waals surface area contributed by atoms with Gasteiger partial charge in [0.1, 0.15) is 5.01 Å². The summed E-state index contributed by atoms with van der Waals surface area (Å²) in [6.45, 7) is 2.25. The maximum Gasteiger partial charge on any atom is 0.308 e. The van der Waals surface area contributed by atoms with Crippen LogP contribution in [0.3, 0.4) is 0 Å². The standard InChI is InChI=1S/C10H13N3O3S/c1-2-3-7-11-12-10(17-7)13-5-6(9(15)16)4-8(13)14/h6H,2-5H2,1H3,(H,15,16)/t6-/m1/s1. The third-order valence-electron chi connectivity index (χ3n) is 2.63. The van der Waals surface area contributed by atoms with Crippen LogP contribution in [-0.2, 0) is 16.0 Å². The van der Waals surface area contributed by atoms with Crippen molar-refractivity contribution >= 4 is 28.3 Å². The molecule has 1 saturated heterocycles. The van der Waals surface area contributed by atoms with Crippen molar-refractivity contribution in [3.05, 3.63) is 5.01 Å². The zero-order valence-electron chi connectivity index (χ0n) is 9.42. The van der Waals surface area contributed by atoms with Crippen LogP contribution in [0.25, 0.3) is 0 Å². The first kappa shape index (κ1) is 12.0. The van der Waals surface area contributed by atoms with Crippen LogP contribution >= 0.6 is 11.3 Å². The first-order valence-corrected chi connectivity index (χ1v) is 6.29. The Morgan fingerprint density at radius 3 is 2.94 bits per heavy atom. The fourth-order valence-corrected chi connectivity index (χ4v) is 2.69. The topological polar surface area (TPSA) is 83.4 Å². The zero-order chi connectivity index (χ0) is 12.4. The van der Waals surface area contributed by atoms with E-state index in [9.17, 15) is 9.59 Å². The third-order valence-corrected chi connectivity index (χ3v) is 3.63. The molecule has 2 heterocycles. The lowest BCUT2D eigenvalue weighted by Gasteiger charge is -2.10. The molecule has 0 unspecified atom stereocenters. The lowest BCUT2D eigenvalue weighted by atomic mass is 10.1. The molecular weight excluding hydrogens is 242 g/mol. The first-order valence-electron chi connectivity index (χ1n) is 5.47. The molecule has 1 aliphatic heterocycles. The zero-order valence-corrected chi connectivity index (χ0v) is 10.2. The minimum atomic E-state index is -0.931. The van der Waals surface area contributed by atoms with E-state index in [2.05, 4.69) is 10.2 Å². The lowest BCUT2D eigenvalue weighted by molar-refractivity contribution is -0.141. The van der Waals surface area contributed by atoms with Crippen molar-refractivity contribution < 1.29 is 14.7 Å². The van der Waals surface area contributed by atoms with Crippen LogP contribution in [0.2, 0.25) is 0 Å². The summed E-state index contributed by atoms with van der Waals surface area (Å²) >= 11 is 1.36. The molecule has 1 aromatic heterocycles. The number of rotatable bonds is 4. The van der Waals surface area contributed by atoms with Gasteiger partial charge in [0.25, 0.3) is 0 Å². The number of nitrogens with zero attached hydrogens (tertiary/aromatic N) is 3. The number of hydrogen-bond donors (Lipinski definition) is 1. The second-order valence-corrected chi connectivity index (χ2v) is 5.01. The Morgan fingerprint density at radius 2 is 2.35 bits per heavy atom. The van der Waals surface area contributed by atoms with E-state index in [1.165, 1.54) is 16.2 Å². The minimum absolute atomic E-state index is 0.0536. The summed E-state index contributed by atoms with van der Waals surface area (Å²) in [4.78, 5) is 23.9. The number of carboxylic acids is 1. The lowest BCUT2D eigenvalue weighted by Crippen LogP contribution is -2.25. The van der Waals surface area contributed by atoms with E-state index >= 15 is 0 Å². The highest BCUT2D eigenvalue weighted by Crippen LogP contribution is 2.28. The maximum atomic E-state index is 11.7. The average Bonchev–Trinajstić information content (AvgIpc) is 2.85. The molecule has 0 spiro atoms. The summed E-state index contributed by atoms with van der Waals surface area (Å²) in [6, 6.07) is 0. The number of hydrogen-bond acceptors (Lipinski definition) is 5. The number of carbonyl (C=O) groups is 2. The van der Waals surface area contributed by atoms with Gasteiger partial charge >= 0.3 is 5.97 Å². The second-order valence-electron chi connectivity index (χ2n) is 3.97. The summed E-state index contributed by atoms with van der Waals surface area (Å²) in [5, 5.41) is 18.2. The van der Waals surface area contributed by atoms with Crippen LogP contribution in [0.5, 0.6) is 0 Å². The molecule has 1 aromatic rings. The van der Waals surface area contributed by atoms with E-state index in [1.54, 1.807) is 0 Å². The Morgan fingerprint density at radius 1 is 1.59 bits per heavy atom. The number of anilines is 1. The van der Waals surface area contributed by atoms with Gasteiger partial charge < -0.3 is 5.11 Å². The summed E-state index contributed by atoms with van der Waals surface area (Å²) in [5.74, 6) is -1.74. The number of aromatic nitrogens is 2. The molecule has 0 aliphatic carbocycles. The Kier molecular flexibility index (Phi) is 3.37. The number of carbonyl (C=O) groups excluding carboxylic acids is 1. The van der Waals surface area contributed by atoms with Crippen molar-refractivity contribution in [3.63, 3.8) is 0 Å². The van der Waals surface area contributed by atoms with E-state index in [0.29, 0.717) is 5.13 Å². The highest BCUT2D eigenvalue weighted by molar-refractivity contribution is 7.15. The fourth-order valence-electron chi connectivity index (χ4n) is 1.73. The van der Waals surface area contributed by atoms with Crippen LogP contribution in [0, 0.1) is 5.92 Å². The summed E-state index contributed by atoms with van der Waals surface area (Å²) < 4.78 is 0. The Bertz CT molecular complexity index is 446. The maximum absolute atomic E-state index is 11.7. The predicted molar refractivity (Wildman–Crippen MR) is 62.0 cm³/mol. The first-order chi connectivity index (χ1) is 8.11. The monoisotopic (exact) mass is 255 g/mol. The van der Waals surface area contributed by atoms with Gasteiger partial charge in [-0.25, -0.2) is 0 Å². The van der Waals surface area contributed by atoms with Crippen molar-refractivity contribution in [1.82, 2.24) is 10.2 Å². The van der Waals surface area contributed by atoms with Gasteiger partial charge in [-0.15, -0.1) is 10.2 Å². The highest BCUT2D eigenvalue weighted by atomic mass is 32.1. The minimum Gasteiger partial charge on any atom is -0.481 e. The molecule has 92 valence electrons. The van der Waals surface area contributed by atoms with Crippen molar-refractivity contribution in [3.8, 4) is 0 Å². The van der Waals surface area contributed by atoms with Crippen LogP contribution in [0.15, 0.2) is 0 Å². The van der Waals surface area contributed by atoms with Crippen LogP contribution in [0.4, 0.5) is 5.13 Å². The van der Waals surface area contributed by atoms with E-state index in [4.69, 9.17) is 5.11 Å². The van der Waals surface area contributed by atoms with Gasteiger partial charge in [0.2, 0.25) is 11.0 Å². The average molecular weight is 255 g/mol. The van der Waals surface area contributed by atoms with Gasteiger partial charge in [0.15, 0.2) is 0 Å². The molecule has 1 amide bonds. The molecule has 6 nitrogen and oxygen atoms in total. The number of carboxylic acid groups (broad SMARTS) is 1. The van der Waals surface area contributed by atoms with E-state index in [1.807, 2.05) is 6.92 Å². The fraction of sp³-hybridized carbons (Fsp3) is 0.600. The predicted octanol–water partition coefficient (Wildman–Crippen LogP) is 0.928. The molecule has 0 radical (unpaired) electrons. The molecule has 1 aliphatic rings. The van der Waals surface area contributed by atoms with Crippen LogP contribution < -0.4 is 4.90 Å². The summed E-state index contributed by atoms with van der Waals surface area (Å²) in [6.07, 6.45) is 1.86. The van der Waals surface area contributed by atoms with Gasteiger partial charge in [-0.2, -0.15) is 0 Å². The molecule has 1 N–H and O–H groups in total. The number of aryl methyl sites for hydroxylation is 1. The summed E-state index contributed by atoms with van der Waals surface area (Å²) in [7, 11) is 0. The highest BCUT2D eigenvalue weighted by Gasteiger charge is 2.36. The van der Waals surface area contributed by atoms with E-state index < -0.39 is 11.9 Å². The van der Waals surface area contributed by atoms with Crippen molar-refractivity contribution in [2.75, 3.05) is 11.4 Å². The number of aliphatic carboxylic acids is 1. The van der Waals surface area contributed by atoms with Gasteiger partial charge in [0.05, 0.1) is 5.92 Å². The molecule has 0 bridgehead atoms. The van der Waals surface area contributed by atoms with Gasteiger partial charge in [-0.05, 0) is 6.42 Å². The quantitative estimate of drug-likeness (QED) is 0.865. The van der Waals surface area contributed by atoms with Crippen LogP contribution in [-0.4, -0.2) is 33.7 Å². The van der Waals surface area contributed by atoms with E-state index in [-0.39, 0.29) is 18.9 Å². The molecule has 1 fully saturated rings. The second kappa shape index (κ2) is 4.79. The molecule has 2 rings (SSSR count). The molecule has 0 aromatic carbocycles. The molecule has 17 heavy (non-hydrogen) atoms. The summed E-state index contributed by atoms with van der Waals surface area (Å²) in [5.41, 5.74) is 0. The Balaban J connectivity index is 2.11. The largest absolute Gasteiger partial charge is 0.481 e. The SMILES string of the molecule is CCCc1nnc(N2C[C@H](C(=O)O)CC2=O)s1.